The molecule has 11 heteroatoms. The molecule has 0 saturated carbocycles. The van der Waals surface area contributed by atoms with Crippen molar-refractivity contribution in [3.63, 3.8) is 0 Å². The van der Waals surface area contributed by atoms with E-state index < -0.39 is 10.0 Å². The van der Waals surface area contributed by atoms with Gasteiger partial charge in [0.2, 0.25) is 16.0 Å². The van der Waals surface area contributed by atoms with E-state index >= 15 is 0 Å². The third kappa shape index (κ3) is 7.02. The Morgan fingerprint density at radius 1 is 0.947 bits per heavy atom. The van der Waals surface area contributed by atoms with Crippen LogP contribution in [0.3, 0.4) is 0 Å². The monoisotopic (exact) mass is 556 g/mol. The predicted molar refractivity (Wildman–Crippen MR) is 151 cm³/mol. The number of hydrogen-bond acceptors (Lipinski definition) is 8. The maximum atomic E-state index is 13.3. The lowest BCUT2D eigenvalue weighted by Gasteiger charge is -2.32. The molecule has 3 heterocycles. The van der Waals surface area contributed by atoms with Crippen LogP contribution in [0.5, 0.6) is 0 Å². The highest BCUT2D eigenvalue weighted by Crippen LogP contribution is 2.27. The molecule has 5 rings (SSSR count). The van der Waals surface area contributed by atoms with Crippen molar-refractivity contribution in [2.24, 2.45) is 5.92 Å². The summed E-state index contributed by atoms with van der Waals surface area (Å²) in [5.41, 5.74) is 1.38. The van der Waals surface area contributed by atoms with Crippen molar-refractivity contribution >= 4 is 44.9 Å². The van der Waals surface area contributed by atoms with Gasteiger partial charge in [0.25, 0.3) is 0 Å². The fraction of sp³-hybridized carbons (Fsp3) is 0.407. The van der Waals surface area contributed by atoms with Crippen LogP contribution in [0.25, 0.3) is 0 Å². The molecule has 2 aromatic carbocycles. The molecule has 0 spiro atoms. The number of hydrogen-bond donors (Lipinski definition) is 3. The molecule has 202 valence electrons. The van der Waals surface area contributed by atoms with Crippen molar-refractivity contribution in [2.45, 2.75) is 35.8 Å². The molecule has 3 aromatic rings. The predicted octanol–water partition coefficient (Wildman–Crippen LogP) is 4.99. The number of benzene rings is 2. The summed E-state index contributed by atoms with van der Waals surface area (Å²) >= 11 is 2.04. The Kier molecular flexibility index (Phi) is 8.78. The topological polar surface area (TPSA) is 99.2 Å². The molecule has 0 radical (unpaired) electrons. The zero-order valence-electron chi connectivity index (χ0n) is 21.1. The van der Waals surface area contributed by atoms with Crippen molar-refractivity contribution in [1.29, 1.82) is 0 Å². The summed E-state index contributed by atoms with van der Waals surface area (Å²) in [5, 5.41) is 10.5. The molecular formula is C27H33FN6O2S2. The molecular weight excluding hydrogens is 523 g/mol. The highest BCUT2D eigenvalue weighted by Gasteiger charge is 2.30. The van der Waals surface area contributed by atoms with Crippen molar-refractivity contribution in [3.05, 3.63) is 66.6 Å². The molecule has 2 saturated heterocycles. The van der Waals surface area contributed by atoms with Gasteiger partial charge in [0.15, 0.2) is 0 Å². The summed E-state index contributed by atoms with van der Waals surface area (Å²) in [6, 6.07) is 14.4. The quantitative estimate of drug-likeness (QED) is 0.321. The second-order valence-corrected chi connectivity index (χ2v) is 13.1. The molecule has 1 aromatic heterocycles. The van der Waals surface area contributed by atoms with Gasteiger partial charge in [-0.3, -0.25) is 0 Å². The number of nitrogens with one attached hydrogen (secondary N) is 3. The first-order valence-electron chi connectivity index (χ1n) is 13.0. The molecule has 2 unspecified atom stereocenters. The van der Waals surface area contributed by atoms with Crippen LogP contribution in [0, 0.1) is 11.7 Å². The Bertz CT molecular complexity index is 1300. The largest absolute Gasteiger partial charge is 0.340 e. The summed E-state index contributed by atoms with van der Waals surface area (Å²) < 4.78 is 41.5. The Labute approximate surface area is 227 Å². The Hall–Kier alpha value is -2.73. The Morgan fingerprint density at radius 2 is 1.71 bits per heavy atom. The van der Waals surface area contributed by atoms with Gasteiger partial charge in [-0.25, -0.2) is 17.8 Å². The zero-order valence-corrected chi connectivity index (χ0v) is 22.8. The Morgan fingerprint density at radius 3 is 2.47 bits per heavy atom. The van der Waals surface area contributed by atoms with Gasteiger partial charge in [-0.05, 0) is 98.5 Å². The highest BCUT2D eigenvalue weighted by molar-refractivity contribution is 8.00. The van der Waals surface area contributed by atoms with Crippen LogP contribution in [0.4, 0.5) is 27.5 Å². The number of anilines is 4. The minimum absolute atomic E-state index is 0.284. The molecule has 0 aliphatic carbocycles. The third-order valence-electron chi connectivity index (χ3n) is 6.83. The minimum Gasteiger partial charge on any atom is -0.340 e. The van der Waals surface area contributed by atoms with Crippen molar-refractivity contribution in [3.8, 4) is 0 Å². The number of piperidine rings is 1. The number of halogens is 1. The molecule has 2 atom stereocenters. The maximum Gasteiger partial charge on any atom is 0.243 e. The second kappa shape index (κ2) is 12.4. The van der Waals surface area contributed by atoms with Gasteiger partial charge in [-0.1, -0.05) is 0 Å². The van der Waals surface area contributed by atoms with Crippen molar-refractivity contribution in [1.82, 2.24) is 19.6 Å². The molecule has 38 heavy (non-hydrogen) atoms. The lowest BCUT2D eigenvalue weighted by atomic mass is 10.00. The number of nitrogens with zero attached hydrogens (tertiary/aromatic N) is 3. The molecule has 8 nitrogen and oxygen atoms in total. The maximum absolute atomic E-state index is 13.3. The lowest BCUT2D eigenvalue weighted by molar-refractivity contribution is 0.260. The van der Waals surface area contributed by atoms with E-state index in [4.69, 9.17) is 0 Å². The first-order valence-corrected chi connectivity index (χ1v) is 15.5. The minimum atomic E-state index is -3.56. The molecule has 2 fully saturated rings. The third-order valence-corrected chi connectivity index (χ3v) is 10.1. The van der Waals surface area contributed by atoms with Crippen LogP contribution in [-0.4, -0.2) is 59.9 Å². The fourth-order valence-corrected chi connectivity index (χ4v) is 7.61. The Balaban J connectivity index is 1.17. The van der Waals surface area contributed by atoms with Gasteiger partial charge in [0.1, 0.15) is 11.6 Å². The normalized spacial score (nSPS) is 20.3. The average Bonchev–Trinajstić information content (AvgIpc) is 3.44. The van der Waals surface area contributed by atoms with Crippen LogP contribution in [-0.2, 0) is 10.0 Å². The van der Waals surface area contributed by atoms with E-state index in [1.807, 2.05) is 11.8 Å². The standard InChI is InChI=1S/C27H33FN6O2S2/c28-21-5-7-22(8-6-21)31-26-13-14-30-27(33-26)32-23-9-11-25(12-10-23)38(35,36)34-15-1-3-20(19-34)17-29-18-24-4-2-16-37-24/h5-14,20,24,29H,1-4,15-19H2,(H2,30,31,32,33). The van der Waals surface area contributed by atoms with Crippen LogP contribution >= 0.6 is 11.8 Å². The van der Waals surface area contributed by atoms with E-state index in [9.17, 15) is 12.8 Å². The number of sulfonamides is 1. The SMILES string of the molecule is O=S(=O)(c1ccc(Nc2nccc(Nc3ccc(F)cc3)n2)cc1)N1CCCC(CNCC2CCCS2)C1. The van der Waals surface area contributed by atoms with Crippen LogP contribution in [0.2, 0.25) is 0 Å². The number of aromatic nitrogens is 2. The highest BCUT2D eigenvalue weighted by atomic mass is 32.2. The van der Waals surface area contributed by atoms with E-state index in [0.29, 0.717) is 47.4 Å². The molecule has 3 N–H and O–H groups in total. The smallest absolute Gasteiger partial charge is 0.243 e. The summed E-state index contributed by atoms with van der Waals surface area (Å²) in [4.78, 5) is 8.95. The van der Waals surface area contributed by atoms with Gasteiger partial charge in [0, 0.05) is 42.5 Å². The molecule has 0 bridgehead atoms. The van der Waals surface area contributed by atoms with Crippen molar-refractivity contribution < 1.29 is 12.8 Å². The first-order chi connectivity index (χ1) is 18.5. The van der Waals surface area contributed by atoms with Crippen LogP contribution < -0.4 is 16.0 Å². The summed E-state index contributed by atoms with van der Waals surface area (Å²) in [5.74, 6) is 2.18. The molecule has 2 aliphatic rings. The van der Waals surface area contributed by atoms with Gasteiger partial charge in [-0.15, -0.1) is 0 Å². The van der Waals surface area contributed by atoms with E-state index in [1.165, 1.54) is 30.7 Å². The molecule has 0 amide bonds. The second-order valence-electron chi connectivity index (χ2n) is 9.71. The fourth-order valence-electron chi connectivity index (χ4n) is 4.82. The van der Waals surface area contributed by atoms with Crippen LogP contribution in [0.1, 0.15) is 25.7 Å². The summed E-state index contributed by atoms with van der Waals surface area (Å²) in [6.45, 7) is 2.98. The van der Waals surface area contributed by atoms with Crippen molar-refractivity contribution in [2.75, 3.05) is 42.6 Å². The van der Waals surface area contributed by atoms with Gasteiger partial charge < -0.3 is 16.0 Å². The lowest BCUT2D eigenvalue weighted by Crippen LogP contribution is -2.43. The zero-order chi connectivity index (χ0) is 26.4. The summed E-state index contributed by atoms with van der Waals surface area (Å²) in [6.07, 6.45) is 6.11. The average molecular weight is 557 g/mol. The molecule has 2 aliphatic heterocycles. The van der Waals surface area contributed by atoms with E-state index in [-0.39, 0.29) is 10.7 Å². The van der Waals surface area contributed by atoms with Gasteiger partial charge in [-0.2, -0.15) is 21.1 Å². The number of thioether (sulfide) groups is 1. The van der Waals surface area contributed by atoms with Gasteiger partial charge >= 0.3 is 0 Å². The van der Waals surface area contributed by atoms with E-state index in [0.717, 1.165) is 25.9 Å². The van der Waals surface area contributed by atoms with E-state index in [1.54, 1.807) is 53.0 Å². The van der Waals surface area contributed by atoms with Crippen LogP contribution in [0.15, 0.2) is 65.7 Å². The van der Waals surface area contributed by atoms with Gasteiger partial charge in [0.05, 0.1) is 4.90 Å². The number of rotatable bonds is 10. The summed E-state index contributed by atoms with van der Waals surface area (Å²) in [7, 11) is -3.56. The first kappa shape index (κ1) is 26.9. The van der Waals surface area contributed by atoms with E-state index in [2.05, 4.69) is 25.9 Å².